The van der Waals surface area contributed by atoms with Crippen LogP contribution in [0.5, 0.6) is 5.75 Å². The number of hydrogen-bond acceptors (Lipinski definition) is 3. The third-order valence-electron chi connectivity index (χ3n) is 3.16. The molecule has 1 aliphatic rings. The van der Waals surface area contributed by atoms with Crippen molar-refractivity contribution in [3.8, 4) is 5.75 Å². The maximum Gasteiger partial charge on any atom is 0.251 e. The van der Waals surface area contributed by atoms with Crippen molar-refractivity contribution < 1.29 is 14.3 Å². The molecule has 0 saturated carbocycles. The molecule has 2 amide bonds. The largest absolute Gasteiger partial charge is 0.491 e. The number of benzene rings is 1. The molecular formula is C15H20N2O3. The van der Waals surface area contributed by atoms with Gasteiger partial charge in [-0.1, -0.05) is 0 Å². The summed E-state index contributed by atoms with van der Waals surface area (Å²) < 4.78 is 5.53. The van der Waals surface area contributed by atoms with Crippen molar-refractivity contribution in [2.75, 3.05) is 13.6 Å². The van der Waals surface area contributed by atoms with Crippen LogP contribution in [-0.4, -0.2) is 42.5 Å². The minimum atomic E-state index is -0.158. The monoisotopic (exact) mass is 276 g/mol. The summed E-state index contributed by atoms with van der Waals surface area (Å²) in [6, 6.07) is 6.91. The van der Waals surface area contributed by atoms with E-state index >= 15 is 0 Å². The molecule has 0 spiro atoms. The number of hydrogen-bond donors (Lipinski definition) is 1. The number of likely N-dealkylation sites (tertiary alicyclic amines) is 1. The molecule has 5 nitrogen and oxygen atoms in total. The van der Waals surface area contributed by atoms with E-state index < -0.39 is 0 Å². The van der Waals surface area contributed by atoms with Crippen LogP contribution in [0, 0.1) is 0 Å². The molecule has 2 rings (SSSR count). The first-order valence-corrected chi connectivity index (χ1v) is 6.77. The number of nitrogens with zero attached hydrogens (tertiary/aromatic N) is 1. The highest BCUT2D eigenvalue weighted by Crippen LogP contribution is 2.15. The number of carbonyl (C=O) groups is 2. The molecule has 1 aliphatic heterocycles. The molecule has 0 unspecified atom stereocenters. The summed E-state index contributed by atoms with van der Waals surface area (Å²) in [5.74, 6) is 0.650. The van der Waals surface area contributed by atoms with E-state index in [1.165, 1.54) is 0 Å². The molecule has 0 radical (unpaired) electrons. The summed E-state index contributed by atoms with van der Waals surface area (Å²) in [7, 11) is 1.74. The van der Waals surface area contributed by atoms with Crippen LogP contribution in [0.1, 0.15) is 30.6 Å². The Labute approximate surface area is 118 Å². The zero-order valence-corrected chi connectivity index (χ0v) is 12.1. The van der Waals surface area contributed by atoms with Crippen molar-refractivity contribution in [2.24, 2.45) is 0 Å². The number of amides is 2. The Hall–Kier alpha value is -2.04. The van der Waals surface area contributed by atoms with E-state index in [9.17, 15) is 9.59 Å². The highest BCUT2D eigenvalue weighted by Gasteiger charge is 2.27. The Kier molecular flexibility index (Phi) is 4.27. The fraction of sp³-hybridized carbons (Fsp3) is 0.467. The van der Waals surface area contributed by atoms with E-state index in [1.54, 1.807) is 36.2 Å². The Morgan fingerprint density at radius 2 is 2.00 bits per heavy atom. The molecule has 0 aliphatic carbocycles. The van der Waals surface area contributed by atoms with Crippen molar-refractivity contribution in [3.63, 3.8) is 0 Å². The number of likely N-dealkylation sites (N-methyl/N-ethyl adjacent to an activating group) is 1. The van der Waals surface area contributed by atoms with Gasteiger partial charge in [0.25, 0.3) is 5.91 Å². The second kappa shape index (κ2) is 5.94. The van der Waals surface area contributed by atoms with Gasteiger partial charge in [-0.2, -0.15) is 0 Å². The van der Waals surface area contributed by atoms with Crippen molar-refractivity contribution >= 4 is 11.8 Å². The van der Waals surface area contributed by atoms with E-state index in [4.69, 9.17) is 4.74 Å². The molecule has 1 atom stereocenters. The molecule has 1 fully saturated rings. The Balaban J connectivity index is 1.94. The van der Waals surface area contributed by atoms with Gasteiger partial charge in [0.15, 0.2) is 0 Å². The quantitative estimate of drug-likeness (QED) is 0.905. The first-order valence-electron chi connectivity index (χ1n) is 6.77. The highest BCUT2D eigenvalue weighted by atomic mass is 16.5. The fourth-order valence-corrected chi connectivity index (χ4v) is 2.19. The Morgan fingerprint density at radius 3 is 2.50 bits per heavy atom. The van der Waals surface area contributed by atoms with Gasteiger partial charge in [-0.15, -0.1) is 0 Å². The van der Waals surface area contributed by atoms with Crippen LogP contribution < -0.4 is 10.1 Å². The van der Waals surface area contributed by atoms with E-state index in [2.05, 4.69) is 5.32 Å². The van der Waals surface area contributed by atoms with Gasteiger partial charge < -0.3 is 15.0 Å². The van der Waals surface area contributed by atoms with Crippen LogP contribution in [0.25, 0.3) is 0 Å². The van der Waals surface area contributed by atoms with Crippen molar-refractivity contribution in [3.05, 3.63) is 29.8 Å². The standard InChI is InChI=1S/C15H20N2O3/c1-10(2)20-13-6-4-11(5-7-13)15(19)16-12-8-14(18)17(3)9-12/h4-7,10,12H,8-9H2,1-3H3,(H,16,19)/t12-/m0/s1. The van der Waals surface area contributed by atoms with E-state index in [-0.39, 0.29) is 24.0 Å². The molecule has 1 N–H and O–H groups in total. The SMILES string of the molecule is CC(C)Oc1ccc(C(=O)N[C@H]2CC(=O)N(C)C2)cc1. The second-order valence-electron chi connectivity index (χ2n) is 5.34. The molecule has 1 saturated heterocycles. The third-order valence-corrected chi connectivity index (χ3v) is 3.16. The van der Waals surface area contributed by atoms with Crippen LogP contribution in [-0.2, 0) is 4.79 Å². The number of rotatable bonds is 4. The molecule has 1 aromatic rings. The van der Waals surface area contributed by atoms with Crippen LogP contribution in [0.3, 0.4) is 0 Å². The lowest BCUT2D eigenvalue weighted by atomic mass is 10.1. The lowest BCUT2D eigenvalue weighted by Gasteiger charge is -2.13. The minimum absolute atomic E-state index is 0.0657. The Morgan fingerprint density at radius 1 is 1.35 bits per heavy atom. The van der Waals surface area contributed by atoms with Crippen molar-refractivity contribution in [1.82, 2.24) is 10.2 Å². The Bertz CT molecular complexity index is 496. The lowest BCUT2D eigenvalue weighted by Crippen LogP contribution is -2.36. The van der Waals surface area contributed by atoms with E-state index in [0.29, 0.717) is 18.5 Å². The number of nitrogens with one attached hydrogen (secondary N) is 1. The minimum Gasteiger partial charge on any atom is -0.491 e. The summed E-state index contributed by atoms with van der Waals surface area (Å²) in [4.78, 5) is 25.1. The zero-order chi connectivity index (χ0) is 14.7. The second-order valence-corrected chi connectivity index (χ2v) is 5.34. The molecule has 0 bridgehead atoms. The van der Waals surface area contributed by atoms with E-state index in [1.807, 2.05) is 13.8 Å². The average Bonchev–Trinajstić information content (AvgIpc) is 2.68. The predicted octanol–water partition coefficient (Wildman–Crippen LogP) is 1.43. The predicted molar refractivity (Wildman–Crippen MR) is 75.7 cm³/mol. The third kappa shape index (κ3) is 3.50. The summed E-state index contributed by atoms with van der Waals surface area (Å²) >= 11 is 0. The molecule has 0 aromatic heterocycles. The summed E-state index contributed by atoms with van der Waals surface area (Å²) in [6.45, 7) is 4.47. The smallest absolute Gasteiger partial charge is 0.251 e. The molecule has 108 valence electrons. The van der Waals surface area contributed by atoms with Crippen molar-refractivity contribution in [1.29, 1.82) is 0 Å². The lowest BCUT2D eigenvalue weighted by molar-refractivity contribution is -0.126. The van der Waals surface area contributed by atoms with Crippen molar-refractivity contribution in [2.45, 2.75) is 32.4 Å². The molecule has 1 aromatic carbocycles. The van der Waals surface area contributed by atoms with Gasteiger partial charge >= 0.3 is 0 Å². The van der Waals surface area contributed by atoms with Crippen LogP contribution in [0.4, 0.5) is 0 Å². The first-order chi connectivity index (χ1) is 9.45. The van der Waals surface area contributed by atoms with Crippen LogP contribution >= 0.6 is 0 Å². The number of carbonyl (C=O) groups excluding carboxylic acids is 2. The van der Waals surface area contributed by atoms with Gasteiger partial charge in [-0.05, 0) is 38.1 Å². The van der Waals surface area contributed by atoms with Gasteiger partial charge in [0, 0.05) is 25.6 Å². The van der Waals surface area contributed by atoms with E-state index in [0.717, 1.165) is 5.75 Å². The highest BCUT2D eigenvalue weighted by molar-refractivity contribution is 5.95. The normalized spacial score (nSPS) is 18.5. The van der Waals surface area contributed by atoms with Gasteiger partial charge in [-0.25, -0.2) is 0 Å². The van der Waals surface area contributed by atoms with Crippen LogP contribution in [0.2, 0.25) is 0 Å². The maximum absolute atomic E-state index is 12.1. The molecule has 20 heavy (non-hydrogen) atoms. The molecular weight excluding hydrogens is 256 g/mol. The summed E-state index contributed by atoms with van der Waals surface area (Å²) in [5.41, 5.74) is 0.572. The zero-order valence-electron chi connectivity index (χ0n) is 12.1. The molecule has 1 heterocycles. The topological polar surface area (TPSA) is 58.6 Å². The van der Waals surface area contributed by atoms with Gasteiger partial charge in [0.1, 0.15) is 5.75 Å². The molecule has 5 heteroatoms. The number of ether oxygens (including phenoxy) is 1. The fourth-order valence-electron chi connectivity index (χ4n) is 2.19. The summed E-state index contributed by atoms with van der Waals surface area (Å²) in [5, 5.41) is 2.87. The van der Waals surface area contributed by atoms with Gasteiger partial charge in [-0.3, -0.25) is 9.59 Å². The van der Waals surface area contributed by atoms with Gasteiger partial charge in [0.2, 0.25) is 5.91 Å². The average molecular weight is 276 g/mol. The summed E-state index contributed by atoms with van der Waals surface area (Å²) in [6.07, 6.45) is 0.478. The first kappa shape index (κ1) is 14.4. The van der Waals surface area contributed by atoms with Crippen LogP contribution in [0.15, 0.2) is 24.3 Å². The maximum atomic E-state index is 12.1. The van der Waals surface area contributed by atoms with Gasteiger partial charge in [0.05, 0.1) is 12.1 Å².